The Hall–Kier alpha value is -1.61. The van der Waals surface area contributed by atoms with Crippen molar-refractivity contribution in [1.29, 1.82) is 5.41 Å². The van der Waals surface area contributed by atoms with E-state index in [2.05, 4.69) is 5.32 Å². The molecular formula is C13H13ClN2O. The number of carbonyl (C=O) groups is 1. The fourth-order valence-corrected chi connectivity index (χ4v) is 1.99. The predicted octanol–water partition coefficient (Wildman–Crippen LogP) is 3.41. The molecule has 0 bridgehead atoms. The average molecular weight is 249 g/mol. The number of Topliss-reactive ketones (excluding diaryl/α,β-unsaturated/α-hetero) is 1. The molecule has 0 fully saturated rings. The van der Waals surface area contributed by atoms with Crippen LogP contribution in [0.25, 0.3) is 0 Å². The molecule has 0 saturated heterocycles. The van der Waals surface area contributed by atoms with Crippen molar-refractivity contribution in [2.75, 3.05) is 5.32 Å². The lowest BCUT2D eigenvalue weighted by Crippen LogP contribution is -2.17. The van der Waals surface area contributed by atoms with Gasteiger partial charge in [0.05, 0.1) is 5.57 Å². The maximum absolute atomic E-state index is 11.6. The van der Waals surface area contributed by atoms with E-state index in [-0.39, 0.29) is 5.78 Å². The Balaban J connectivity index is 2.24. The van der Waals surface area contributed by atoms with E-state index in [1.807, 2.05) is 12.1 Å². The second-order valence-electron chi connectivity index (χ2n) is 3.95. The smallest absolute Gasteiger partial charge is 0.166 e. The SMILES string of the molecule is N=CC1=C(Nc2ccc(Cl)cc2)CCCC1=O. The first-order valence-corrected chi connectivity index (χ1v) is 5.88. The van der Waals surface area contributed by atoms with Crippen molar-refractivity contribution in [3.8, 4) is 0 Å². The van der Waals surface area contributed by atoms with Crippen molar-refractivity contribution in [2.24, 2.45) is 0 Å². The zero-order chi connectivity index (χ0) is 12.3. The molecule has 1 aliphatic carbocycles. The lowest BCUT2D eigenvalue weighted by molar-refractivity contribution is -0.115. The Morgan fingerprint density at radius 3 is 2.59 bits per heavy atom. The van der Waals surface area contributed by atoms with Gasteiger partial charge in [-0.25, -0.2) is 0 Å². The van der Waals surface area contributed by atoms with Crippen LogP contribution in [0.15, 0.2) is 35.5 Å². The third-order valence-electron chi connectivity index (χ3n) is 2.74. The molecule has 4 heteroatoms. The Kier molecular flexibility index (Phi) is 3.59. The molecule has 0 aromatic heterocycles. The summed E-state index contributed by atoms with van der Waals surface area (Å²) < 4.78 is 0. The number of ketones is 1. The number of rotatable bonds is 3. The lowest BCUT2D eigenvalue weighted by Gasteiger charge is -2.18. The standard InChI is InChI=1S/C13H13ClN2O/c14-9-4-6-10(7-5-9)16-12-2-1-3-13(17)11(12)8-15/h4-8,15-16H,1-3H2. The number of benzene rings is 1. The van der Waals surface area contributed by atoms with Crippen LogP contribution in [0.5, 0.6) is 0 Å². The molecule has 0 unspecified atom stereocenters. The van der Waals surface area contributed by atoms with Crippen molar-refractivity contribution in [2.45, 2.75) is 19.3 Å². The molecule has 88 valence electrons. The second kappa shape index (κ2) is 5.15. The average Bonchev–Trinajstić information content (AvgIpc) is 2.32. The molecule has 17 heavy (non-hydrogen) atoms. The van der Waals surface area contributed by atoms with Gasteiger partial charge in [0.1, 0.15) is 0 Å². The molecule has 0 amide bonds. The van der Waals surface area contributed by atoms with E-state index in [9.17, 15) is 4.79 Å². The van der Waals surface area contributed by atoms with Gasteiger partial charge in [0.25, 0.3) is 0 Å². The summed E-state index contributed by atoms with van der Waals surface area (Å²) in [4.78, 5) is 11.6. The monoisotopic (exact) mass is 248 g/mol. The predicted molar refractivity (Wildman–Crippen MR) is 69.7 cm³/mol. The van der Waals surface area contributed by atoms with Crippen molar-refractivity contribution in [3.63, 3.8) is 0 Å². The topological polar surface area (TPSA) is 53.0 Å². The fourth-order valence-electron chi connectivity index (χ4n) is 1.87. The number of hydrogen-bond acceptors (Lipinski definition) is 3. The molecule has 0 aliphatic heterocycles. The van der Waals surface area contributed by atoms with Gasteiger partial charge >= 0.3 is 0 Å². The molecule has 0 atom stereocenters. The van der Waals surface area contributed by atoms with E-state index in [4.69, 9.17) is 17.0 Å². The van der Waals surface area contributed by atoms with E-state index in [0.717, 1.165) is 30.4 Å². The second-order valence-corrected chi connectivity index (χ2v) is 4.38. The van der Waals surface area contributed by atoms with Crippen LogP contribution in [0.3, 0.4) is 0 Å². The number of carbonyl (C=O) groups excluding carboxylic acids is 1. The third kappa shape index (κ3) is 2.74. The highest BCUT2D eigenvalue weighted by atomic mass is 35.5. The minimum atomic E-state index is 0.0442. The summed E-state index contributed by atoms with van der Waals surface area (Å²) in [5.41, 5.74) is 2.21. The Labute approximate surface area is 105 Å². The van der Waals surface area contributed by atoms with Gasteiger partial charge in [0.2, 0.25) is 0 Å². The van der Waals surface area contributed by atoms with Gasteiger partial charge in [0.15, 0.2) is 5.78 Å². The van der Waals surface area contributed by atoms with Crippen LogP contribution in [0.1, 0.15) is 19.3 Å². The molecule has 0 heterocycles. The number of allylic oxidation sites excluding steroid dienone is 2. The highest BCUT2D eigenvalue weighted by Crippen LogP contribution is 2.23. The number of anilines is 1. The van der Waals surface area contributed by atoms with Crippen molar-refractivity contribution in [3.05, 3.63) is 40.6 Å². The molecule has 2 N–H and O–H groups in total. The summed E-state index contributed by atoms with van der Waals surface area (Å²) in [6.07, 6.45) is 3.32. The van der Waals surface area contributed by atoms with E-state index in [1.54, 1.807) is 12.1 Å². The third-order valence-corrected chi connectivity index (χ3v) is 2.99. The molecule has 3 nitrogen and oxygen atoms in total. The molecule has 0 radical (unpaired) electrons. The first-order valence-electron chi connectivity index (χ1n) is 5.50. The van der Waals surface area contributed by atoms with Crippen LogP contribution in [0.2, 0.25) is 5.02 Å². The Bertz CT molecular complexity index is 477. The zero-order valence-electron chi connectivity index (χ0n) is 9.29. The molecule has 1 aliphatic rings. The Morgan fingerprint density at radius 2 is 1.94 bits per heavy atom. The maximum Gasteiger partial charge on any atom is 0.166 e. The van der Waals surface area contributed by atoms with Crippen LogP contribution < -0.4 is 5.32 Å². The number of hydrogen-bond donors (Lipinski definition) is 2. The zero-order valence-corrected chi connectivity index (χ0v) is 10.1. The van der Waals surface area contributed by atoms with Crippen LogP contribution in [0.4, 0.5) is 5.69 Å². The van der Waals surface area contributed by atoms with Crippen molar-refractivity contribution in [1.82, 2.24) is 0 Å². The Morgan fingerprint density at radius 1 is 1.24 bits per heavy atom. The quantitative estimate of drug-likeness (QED) is 0.806. The molecule has 0 saturated carbocycles. The highest BCUT2D eigenvalue weighted by molar-refractivity contribution is 6.30. The largest absolute Gasteiger partial charge is 0.358 e. The van der Waals surface area contributed by atoms with Gasteiger partial charge in [-0.05, 0) is 37.1 Å². The van der Waals surface area contributed by atoms with Crippen LogP contribution in [-0.4, -0.2) is 12.0 Å². The summed E-state index contributed by atoms with van der Waals surface area (Å²) in [5.74, 6) is 0.0442. The molecule has 1 aromatic rings. The first kappa shape index (κ1) is 11.9. The van der Waals surface area contributed by atoms with Gasteiger partial charge in [-0.1, -0.05) is 11.6 Å². The molecule has 1 aromatic carbocycles. The summed E-state index contributed by atoms with van der Waals surface area (Å²) in [6, 6.07) is 7.30. The van der Waals surface area contributed by atoms with Crippen LogP contribution >= 0.6 is 11.6 Å². The van der Waals surface area contributed by atoms with Gasteiger partial charge in [0, 0.05) is 29.0 Å². The lowest BCUT2D eigenvalue weighted by atomic mass is 9.95. The van der Waals surface area contributed by atoms with Gasteiger partial charge < -0.3 is 10.7 Å². The fraction of sp³-hybridized carbons (Fsp3) is 0.231. The van der Waals surface area contributed by atoms with E-state index < -0.39 is 0 Å². The summed E-state index contributed by atoms with van der Waals surface area (Å²) in [5, 5.41) is 11.2. The first-order chi connectivity index (χ1) is 8.20. The summed E-state index contributed by atoms with van der Waals surface area (Å²) in [6.45, 7) is 0. The minimum absolute atomic E-state index is 0.0442. The maximum atomic E-state index is 11.6. The van der Waals surface area contributed by atoms with Gasteiger partial charge in [-0.3, -0.25) is 4.79 Å². The van der Waals surface area contributed by atoms with Crippen LogP contribution in [0, 0.1) is 5.41 Å². The van der Waals surface area contributed by atoms with Gasteiger partial charge in [-0.15, -0.1) is 0 Å². The normalized spacial score (nSPS) is 15.9. The highest BCUT2D eigenvalue weighted by Gasteiger charge is 2.18. The summed E-state index contributed by atoms with van der Waals surface area (Å²) in [7, 11) is 0. The van der Waals surface area contributed by atoms with Gasteiger partial charge in [-0.2, -0.15) is 0 Å². The van der Waals surface area contributed by atoms with E-state index in [1.165, 1.54) is 0 Å². The number of nitrogens with one attached hydrogen (secondary N) is 2. The van der Waals surface area contributed by atoms with Crippen molar-refractivity contribution < 1.29 is 4.79 Å². The van der Waals surface area contributed by atoms with E-state index in [0.29, 0.717) is 17.0 Å². The van der Waals surface area contributed by atoms with E-state index >= 15 is 0 Å². The molecular weight excluding hydrogens is 236 g/mol. The van der Waals surface area contributed by atoms with Crippen LogP contribution in [-0.2, 0) is 4.79 Å². The summed E-state index contributed by atoms with van der Waals surface area (Å²) >= 11 is 5.80. The minimum Gasteiger partial charge on any atom is -0.358 e. The molecule has 2 rings (SSSR count). The van der Waals surface area contributed by atoms with Crippen molar-refractivity contribution >= 4 is 29.3 Å². The number of halogens is 1. The molecule has 0 spiro atoms.